The van der Waals surface area contributed by atoms with Gasteiger partial charge in [0, 0.05) is 5.56 Å². The summed E-state index contributed by atoms with van der Waals surface area (Å²) in [6, 6.07) is 7.54. The van der Waals surface area contributed by atoms with E-state index in [0.717, 1.165) is 11.1 Å². The molecule has 0 radical (unpaired) electrons. The second-order valence-electron chi connectivity index (χ2n) is 2.18. The van der Waals surface area contributed by atoms with E-state index < -0.39 is 0 Å². The molecule has 0 aliphatic rings. The van der Waals surface area contributed by atoms with Gasteiger partial charge >= 0.3 is 0 Å². The van der Waals surface area contributed by atoms with Crippen LogP contribution in [0.1, 0.15) is 15.9 Å². The summed E-state index contributed by atoms with van der Waals surface area (Å²) >= 11 is 0. The Labute approximate surface area is 62.7 Å². The van der Waals surface area contributed by atoms with Crippen molar-refractivity contribution in [2.75, 3.05) is 0 Å². The van der Waals surface area contributed by atoms with Crippen molar-refractivity contribution < 1.29 is 4.79 Å². The maximum Gasteiger partial charge on any atom is 0.178 e. The van der Waals surface area contributed by atoms with Crippen molar-refractivity contribution in [3.8, 4) is 0 Å². The molecule has 0 aliphatic carbocycles. The molecule has 0 amide bonds. The Morgan fingerprint density at radius 2 is 2.00 bits per heavy atom. The van der Waals surface area contributed by atoms with Crippen molar-refractivity contribution in [2.24, 2.45) is 0 Å². The first-order valence-electron chi connectivity index (χ1n) is 3.07. The summed E-state index contributed by atoms with van der Waals surface area (Å²) in [6.45, 7) is 1.93. The van der Waals surface area contributed by atoms with Crippen molar-refractivity contribution in [1.82, 2.24) is 0 Å². The third-order valence-corrected chi connectivity index (χ3v) is 1.72. The third-order valence-electron chi connectivity index (χ3n) is 1.41. The van der Waals surface area contributed by atoms with Crippen LogP contribution in [0.4, 0.5) is 0 Å². The lowest BCUT2D eigenvalue weighted by Gasteiger charge is -1.97. The second-order valence-corrected chi connectivity index (χ2v) is 2.70. The lowest BCUT2D eigenvalue weighted by atomic mass is 10.1. The molecule has 0 bridgehead atoms. The lowest BCUT2D eigenvalue weighted by Crippen LogP contribution is -1.90. The Bertz CT molecular complexity index is 255. The standard InChI is InChI=1S/C8H9OP/c1-6-4-2-3-5-7(6)8(9)10/h2-5H,10H2,1H3. The highest BCUT2D eigenvalue weighted by Crippen LogP contribution is 2.10. The van der Waals surface area contributed by atoms with E-state index in [1.165, 1.54) is 0 Å². The second kappa shape index (κ2) is 2.94. The molecule has 2 heteroatoms. The Balaban J connectivity index is 3.15. The first-order chi connectivity index (χ1) is 4.72. The highest BCUT2D eigenvalue weighted by Gasteiger charge is 1.99. The Morgan fingerprint density at radius 3 is 2.40 bits per heavy atom. The van der Waals surface area contributed by atoms with Gasteiger partial charge in [-0.05, 0) is 12.5 Å². The molecule has 52 valence electrons. The molecule has 1 aromatic rings. The van der Waals surface area contributed by atoms with Crippen LogP contribution in [0.15, 0.2) is 24.3 Å². The Morgan fingerprint density at radius 1 is 1.40 bits per heavy atom. The smallest absolute Gasteiger partial charge is 0.178 e. The number of aryl methyl sites for hydroxylation is 1. The van der Waals surface area contributed by atoms with Gasteiger partial charge < -0.3 is 0 Å². The van der Waals surface area contributed by atoms with Crippen molar-refractivity contribution in [1.29, 1.82) is 0 Å². The van der Waals surface area contributed by atoms with Crippen molar-refractivity contribution >= 4 is 14.8 Å². The van der Waals surface area contributed by atoms with Crippen LogP contribution < -0.4 is 0 Å². The van der Waals surface area contributed by atoms with Crippen LogP contribution in [0.25, 0.3) is 0 Å². The van der Waals surface area contributed by atoms with E-state index in [9.17, 15) is 4.79 Å². The first-order valence-corrected chi connectivity index (χ1v) is 3.65. The molecule has 0 aliphatic heterocycles. The zero-order valence-corrected chi connectivity index (χ0v) is 6.95. The predicted molar refractivity (Wildman–Crippen MR) is 45.2 cm³/mol. The molecular formula is C8H9OP. The summed E-state index contributed by atoms with van der Waals surface area (Å²) in [6.07, 6.45) is 0. The fourth-order valence-electron chi connectivity index (χ4n) is 0.849. The molecule has 0 saturated heterocycles. The maximum absolute atomic E-state index is 10.8. The highest BCUT2D eigenvalue weighted by molar-refractivity contribution is 7.41. The van der Waals surface area contributed by atoms with Gasteiger partial charge in [0.1, 0.15) is 0 Å². The minimum absolute atomic E-state index is 0.0538. The fraction of sp³-hybridized carbons (Fsp3) is 0.125. The minimum atomic E-state index is 0.0538. The van der Waals surface area contributed by atoms with E-state index in [-0.39, 0.29) is 5.52 Å². The van der Waals surface area contributed by atoms with Gasteiger partial charge in [-0.2, -0.15) is 0 Å². The van der Waals surface area contributed by atoms with Crippen molar-refractivity contribution in [2.45, 2.75) is 6.92 Å². The van der Waals surface area contributed by atoms with Crippen LogP contribution in [-0.4, -0.2) is 5.52 Å². The quantitative estimate of drug-likeness (QED) is 0.562. The molecule has 0 aromatic heterocycles. The summed E-state index contributed by atoms with van der Waals surface area (Å²) < 4.78 is 0. The van der Waals surface area contributed by atoms with E-state index in [1.807, 2.05) is 31.2 Å². The normalized spacial score (nSPS) is 9.40. The van der Waals surface area contributed by atoms with Crippen LogP contribution in [0.3, 0.4) is 0 Å². The number of carbonyl (C=O) groups excluding carboxylic acids is 1. The molecule has 0 spiro atoms. The van der Waals surface area contributed by atoms with Crippen molar-refractivity contribution in [3.05, 3.63) is 35.4 Å². The fourth-order valence-corrected chi connectivity index (χ4v) is 1.17. The maximum atomic E-state index is 10.8. The summed E-state index contributed by atoms with van der Waals surface area (Å²) in [5.74, 6) is 0. The van der Waals surface area contributed by atoms with E-state index in [0.29, 0.717) is 0 Å². The van der Waals surface area contributed by atoms with Crippen LogP contribution >= 0.6 is 9.24 Å². The number of benzene rings is 1. The SMILES string of the molecule is Cc1ccccc1C(=O)P. The van der Waals surface area contributed by atoms with Crippen LogP contribution in [0, 0.1) is 6.92 Å². The largest absolute Gasteiger partial charge is 0.290 e. The monoisotopic (exact) mass is 152 g/mol. The average molecular weight is 152 g/mol. The molecule has 1 atom stereocenters. The molecule has 1 aromatic carbocycles. The highest BCUT2D eigenvalue weighted by atomic mass is 31.0. The molecular weight excluding hydrogens is 143 g/mol. The van der Waals surface area contributed by atoms with Gasteiger partial charge in [0.05, 0.1) is 0 Å². The van der Waals surface area contributed by atoms with Crippen LogP contribution in [0.5, 0.6) is 0 Å². The zero-order chi connectivity index (χ0) is 7.56. The molecule has 0 N–H and O–H groups in total. The van der Waals surface area contributed by atoms with E-state index >= 15 is 0 Å². The summed E-state index contributed by atoms with van der Waals surface area (Å²) in [5.41, 5.74) is 1.87. The summed E-state index contributed by atoms with van der Waals surface area (Å²) in [4.78, 5) is 10.8. The van der Waals surface area contributed by atoms with Gasteiger partial charge in [-0.25, -0.2) is 0 Å². The van der Waals surface area contributed by atoms with Gasteiger partial charge in [-0.3, -0.25) is 4.79 Å². The number of rotatable bonds is 1. The third kappa shape index (κ3) is 1.43. The van der Waals surface area contributed by atoms with Crippen LogP contribution in [0.2, 0.25) is 0 Å². The molecule has 10 heavy (non-hydrogen) atoms. The van der Waals surface area contributed by atoms with E-state index in [2.05, 4.69) is 9.24 Å². The molecule has 1 nitrogen and oxygen atoms in total. The first kappa shape index (κ1) is 7.43. The molecule has 1 rings (SSSR count). The minimum Gasteiger partial charge on any atom is -0.290 e. The van der Waals surface area contributed by atoms with E-state index in [1.54, 1.807) is 0 Å². The topological polar surface area (TPSA) is 17.1 Å². The Hall–Kier alpha value is -0.680. The van der Waals surface area contributed by atoms with E-state index in [4.69, 9.17) is 0 Å². The number of carbonyl (C=O) groups is 1. The molecule has 0 saturated carbocycles. The van der Waals surface area contributed by atoms with Gasteiger partial charge in [0.15, 0.2) is 5.52 Å². The van der Waals surface area contributed by atoms with Crippen molar-refractivity contribution in [3.63, 3.8) is 0 Å². The van der Waals surface area contributed by atoms with Gasteiger partial charge in [0.25, 0.3) is 0 Å². The molecule has 0 fully saturated rings. The lowest BCUT2D eigenvalue weighted by molar-refractivity contribution is 0.108. The van der Waals surface area contributed by atoms with Gasteiger partial charge in [-0.15, -0.1) is 0 Å². The molecule has 1 unspecified atom stereocenters. The van der Waals surface area contributed by atoms with Crippen LogP contribution in [-0.2, 0) is 0 Å². The van der Waals surface area contributed by atoms with Gasteiger partial charge in [-0.1, -0.05) is 33.5 Å². The number of hydrogen-bond acceptors (Lipinski definition) is 1. The summed E-state index contributed by atoms with van der Waals surface area (Å²) in [7, 11) is 2.17. The summed E-state index contributed by atoms with van der Waals surface area (Å²) in [5, 5.41) is 0. The predicted octanol–water partition coefficient (Wildman–Crippen LogP) is 2.01. The average Bonchev–Trinajstić information content (AvgIpc) is 1.88. The van der Waals surface area contributed by atoms with Gasteiger partial charge in [0.2, 0.25) is 0 Å². The molecule has 0 heterocycles. The Kier molecular flexibility index (Phi) is 2.18. The number of hydrogen-bond donors (Lipinski definition) is 0. The zero-order valence-electron chi connectivity index (χ0n) is 5.79.